The number of aryl methyl sites for hydroxylation is 1. The molecule has 6 heteroatoms. The highest BCUT2D eigenvalue weighted by Crippen LogP contribution is 2.30. The Labute approximate surface area is 150 Å². The summed E-state index contributed by atoms with van der Waals surface area (Å²) in [5.74, 6) is 0.833. The zero-order chi connectivity index (χ0) is 16.4. The summed E-state index contributed by atoms with van der Waals surface area (Å²) in [6, 6.07) is 13.4. The van der Waals surface area contributed by atoms with Gasteiger partial charge in [0.25, 0.3) is 0 Å². The lowest BCUT2D eigenvalue weighted by molar-refractivity contribution is 0.188. The van der Waals surface area contributed by atoms with E-state index >= 15 is 0 Å². The third-order valence-corrected chi connectivity index (χ3v) is 6.22. The Morgan fingerprint density at radius 1 is 1.25 bits per heavy atom. The van der Waals surface area contributed by atoms with Crippen molar-refractivity contribution in [2.75, 3.05) is 18.4 Å². The second kappa shape index (κ2) is 7.01. The maximum absolute atomic E-state index is 4.43. The van der Waals surface area contributed by atoms with E-state index in [0.29, 0.717) is 6.04 Å². The molecule has 0 amide bonds. The van der Waals surface area contributed by atoms with Crippen molar-refractivity contribution in [1.82, 2.24) is 14.3 Å². The van der Waals surface area contributed by atoms with Crippen LogP contribution in [0.5, 0.6) is 0 Å². The first-order valence-corrected chi connectivity index (χ1v) is 9.83. The third-order valence-electron chi connectivity index (χ3n) is 4.44. The minimum atomic E-state index is 0.337. The average Bonchev–Trinajstić information content (AvgIpc) is 3.24. The van der Waals surface area contributed by atoms with Crippen molar-refractivity contribution < 1.29 is 0 Å². The summed E-state index contributed by atoms with van der Waals surface area (Å²) in [6.45, 7) is 4.90. The van der Waals surface area contributed by atoms with E-state index < -0.39 is 0 Å². The highest BCUT2D eigenvalue weighted by molar-refractivity contribution is 7.10. The fourth-order valence-corrected chi connectivity index (χ4v) is 4.69. The molecule has 1 atom stereocenters. The monoisotopic (exact) mass is 356 g/mol. The average molecular weight is 357 g/mol. The lowest BCUT2D eigenvalue weighted by atomic mass is 10.0. The van der Waals surface area contributed by atoms with Crippen LogP contribution in [-0.2, 0) is 13.0 Å². The molecule has 3 heterocycles. The standard InChI is InChI=1S/C18H20N4S2/c1-13-20-18(24-21-13)19-11-16(14-5-3-2-4-6-14)22-9-7-17-15(12-22)8-10-23-17/h2-6,8,10,16H,7,9,11-12H2,1H3,(H,19,20,21). The van der Waals surface area contributed by atoms with Crippen LogP contribution in [0.1, 0.15) is 27.9 Å². The minimum absolute atomic E-state index is 0.337. The van der Waals surface area contributed by atoms with E-state index in [1.807, 2.05) is 18.3 Å². The summed E-state index contributed by atoms with van der Waals surface area (Å²) in [4.78, 5) is 8.55. The zero-order valence-corrected chi connectivity index (χ0v) is 15.2. The summed E-state index contributed by atoms with van der Waals surface area (Å²) < 4.78 is 4.26. The van der Waals surface area contributed by atoms with Crippen LogP contribution >= 0.6 is 22.9 Å². The Balaban J connectivity index is 1.54. The molecule has 3 aromatic rings. The first-order valence-electron chi connectivity index (χ1n) is 8.18. The van der Waals surface area contributed by atoms with E-state index in [4.69, 9.17) is 0 Å². The van der Waals surface area contributed by atoms with Crippen LogP contribution < -0.4 is 5.32 Å². The van der Waals surface area contributed by atoms with Crippen LogP contribution in [0.15, 0.2) is 41.8 Å². The number of fused-ring (bicyclic) bond motifs is 1. The van der Waals surface area contributed by atoms with E-state index in [1.165, 1.54) is 22.7 Å². The molecule has 1 aliphatic heterocycles. The number of nitrogens with zero attached hydrogens (tertiary/aromatic N) is 3. The largest absolute Gasteiger partial charge is 0.358 e. The molecule has 1 aromatic carbocycles. The topological polar surface area (TPSA) is 41.1 Å². The number of thiophene rings is 1. The molecule has 0 aliphatic carbocycles. The molecule has 0 fully saturated rings. The van der Waals surface area contributed by atoms with Crippen LogP contribution in [0.25, 0.3) is 0 Å². The van der Waals surface area contributed by atoms with Gasteiger partial charge >= 0.3 is 0 Å². The number of benzene rings is 1. The Morgan fingerprint density at radius 2 is 2.12 bits per heavy atom. The third kappa shape index (κ3) is 3.36. The maximum Gasteiger partial charge on any atom is 0.202 e. The molecule has 1 aliphatic rings. The number of anilines is 1. The second-order valence-corrected chi connectivity index (χ2v) is 7.80. The van der Waals surface area contributed by atoms with Gasteiger partial charge in [-0.1, -0.05) is 30.3 Å². The molecule has 4 rings (SSSR count). The number of hydrogen-bond acceptors (Lipinski definition) is 6. The van der Waals surface area contributed by atoms with E-state index in [0.717, 1.165) is 37.0 Å². The molecule has 0 saturated carbocycles. The van der Waals surface area contributed by atoms with E-state index in [1.54, 1.807) is 4.88 Å². The van der Waals surface area contributed by atoms with Crippen molar-refractivity contribution in [2.45, 2.75) is 25.9 Å². The summed E-state index contributed by atoms with van der Waals surface area (Å²) in [5, 5.41) is 6.61. The lowest BCUT2D eigenvalue weighted by Gasteiger charge is -2.35. The molecule has 0 radical (unpaired) electrons. The van der Waals surface area contributed by atoms with Gasteiger partial charge in [0.05, 0.1) is 6.04 Å². The molecule has 2 aromatic heterocycles. The van der Waals surface area contributed by atoms with Crippen LogP contribution in [0.2, 0.25) is 0 Å². The van der Waals surface area contributed by atoms with Gasteiger partial charge < -0.3 is 5.32 Å². The molecule has 0 saturated heterocycles. The van der Waals surface area contributed by atoms with Gasteiger partial charge in [-0.2, -0.15) is 4.37 Å². The summed E-state index contributed by atoms with van der Waals surface area (Å²) in [6.07, 6.45) is 1.15. The zero-order valence-electron chi connectivity index (χ0n) is 13.6. The molecule has 124 valence electrons. The van der Waals surface area contributed by atoms with E-state index in [-0.39, 0.29) is 0 Å². The Kier molecular flexibility index (Phi) is 4.60. The van der Waals surface area contributed by atoms with Crippen LogP contribution in [0.4, 0.5) is 5.13 Å². The highest BCUT2D eigenvalue weighted by atomic mass is 32.1. The quantitative estimate of drug-likeness (QED) is 0.747. The minimum Gasteiger partial charge on any atom is -0.358 e. The number of hydrogen-bond donors (Lipinski definition) is 1. The fraction of sp³-hybridized carbons (Fsp3) is 0.333. The van der Waals surface area contributed by atoms with Crippen molar-refractivity contribution in [3.8, 4) is 0 Å². The molecular weight excluding hydrogens is 336 g/mol. The lowest BCUT2D eigenvalue weighted by Crippen LogP contribution is -2.37. The Bertz CT molecular complexity index is 796. The first-order chi connectivity index (χ1) is 11.8. The molecular formula is C18H20N4S2. The van der Waals surface area contributed by atoms with Crippen molar-refractivity contribution in [1.29, 1.82) is 0 Å². The van der Waals surface area contributed by atoms with Crippen LogP contribution in [-0.4, -0.2) is 27.3 Å². The molecule has 0 bridgehead atoms. The summed E-state index contributed by atoms with van der Waals surface area (Å²) in [7, 11) is 0. The van der Waals surface area contributed by atoms with Gasteiger partial charge in [0.15, 0.2) is 0 Å². The summed E-state index contributed by atoms with van der Waals surface area (Å²) in [5.41, 5.74) is 2.84. The van der Waals surface area contributed by atoms with Crippen molar-refractivity contribution in [3.05, 3.63) is 63.6 Å². The first kappa shape index (κ1) is 15.7. The number of nitrogens with one attached hydrogen (secondary N) is 1. The highest BCUT2D eigenvalue weighted by Gasteiger charge is 2.25. The fourth-order valence-electron chi connectivity index (χ4n) is 3.22. The molecule has 0 spiro atoms. The predicted octanol–water partition coefficient (Wildman–Crippen LogP) is 4.12. The van der Waals surface area contributed by atoms with Gasteiger partial charge in [0.1, 0.15) is 5.82 Å². The van der Waals surface area contributed by atoms with E-state index in [9.17, 15) is 0 Å². The van der Waals surface area contributed by atoms with Gasteiger partial charge in [0, 0.05) is 36.0 Å². The Hall–Kier alpha value is -1.76. The van der Waals surface area contributed by atoms with Crippen molar-refractivity contribution in [2.24, 2.45) is 0 Å². The smallest absolute Gasteiger partial charge is 0.202 e. The molecule has 24 heavy (non-hydrogen) atoms. The molecule has 1 unspecified atom stereocenters. The maximum atomic E-state index is 4.43. The van der Waals surface area contributed by atoms with Gasteiger partial charge in [-0.05, 0) is 35.9 Å². The van der Waals surface area contributed by atoms with Crippen molar-refractivity contribution in [3.63, 3.8) is 0 Å². The van der Waals surface area contributed by atoms with E-state index in [2.05, 4.69) is 61.4 Å². The van der Waals surface area contributed by atoms with Crippen LogP contribution in [0.3, 0.4) is 0 Å². The van der Waals surface area contributed by atoms with Gasteiger partial charge in [-0.25, -0.2) is 4.98 Å². The van der Waals surface area contributed by atoms with Gasteiger partial charge in [-0.15, -0.1) is 11.3 Å². The normalized spacial score (nSPS) is 15.9. The van der Waals surface area contributed by atoms with Gasteiger partial charge in [0.2, 0.25) is 5.13 Å². The Morgan fingerprint density at radius 3 is 2.92 bits per heavy atom. The number of aromatic nitrogens is 2. The SMILES string of the molecule is Cc1nsc(NCC(c2ccccc2)N2CCc3sccc3C2)n1. The summed E-state index contributed by atoms with van der Waals surface area (Å²) >= 11 is 3.32. The molecule has 1 N–H and O–H groups in total. The predicted molar refractivity (Wildman–Crippen MR) is 101 cm³/mol. The van der Waals surface area contributed by atoms with Gasteiger partial charge in [-0.3, -0.25) is 4.90 Å². The van der Waals surface area contributed by atoms with Crippen LogP contribution in [0, 0.1) is 6.92 Å². The second-order valence-electron chi connectivity index (χ2n) is 6.04. The molecule has 4 nitrogen and oxygen atoms in total. The van der Waals surface area contributed by atoms with Crippen molar-refractivity contribution >= 4 is 28.0 Å². The number of rotatable bonds is 5.